The van der Waals surface area contributed by atoms with Gasteiger partial charge in [-0.3, -0.25) is 4.79 Å². The van der Waals surface area contributed by atoms with Crippen LogP contribution in [0.25, 0.3) is 0 Å². The number of piperidine rings is 1. The van der Waals surface area contributed by atoms with Crippen LogP contribution in [0.4, 0.5) is 5.95 Å². The monoisotopic (exact) mass is 316 g/mol. The van der Waals surface area contributed by atoms with Crippen molar-refractivity contribution in [2.45, 2.75) is 57.9 Å². The maximum atomic E-state index is 13.1. The molecule has 0 N–H and O–H groups in total. The van der Waals surface area contributed by atoms with E-state index in [1.54, 1.807) is 12.4 Å². The Morgan fingerprint density at radius 1 is 1.17 bits per heavy atom. The number of nitrogens with zero attached hydrogens (tertiary/aromatic N) is 4. The Kier molecular flexibility index (Phi) is 5.47. The average molecular weight is 316 g/mol. The summed E-state index contributed by atoms with van der Waals surface area (Å²) in [6.45, 7) is 4.66. The van der Waals surface area contributed by atoms with Gasteiger partial charge in [-0.1, -0.05) is 19.3 Å². The van der Waals surface area contributed by atoms with E-state index in [1.165, 1.54) is 32.1 Å². The van der Waals surface area contributed by atoms with E-state index in [-0.39, 0.29) is 5.92 Å². The van der Waals surface area contributed by atoms with Crippen LogP contribution in [-0.2, 0) is 4.79 Å². The van der Waals surface area contributed by atoms with Gasteiger partial charge >= 0.3 is 0 Å². The molecule has 2 aliphatic rings. The van der Waals surface area contributed by atoms with Crippen molar-refractivity contribution in [1.29, 1.82) is 0 Å². The van der Waals surface area contributed by atoms with Crippen LogP contribution in [0.3, 0.4) is 0 Å². The van der Waals surface area contributed by atoms with Crippen LogP contribution in [0.5, 0.6) is 0 Å². The van der Waals surface area contributed by atoms with Gasteiger partial charge in [0.05, 0.1) is 5.92 Å². The Morgan fingerprint density at radius 3 is 2.61 bits per heavy atom. The van der Waals surface area contributed by atoms with E-state index in [0.29, 0.717) is 11.9 Å². The molecule has 1 amide bonds. The number of rotatable bonds is 4. The largest absolute Gasteiger partial charge is 0.340 e. The van der Waals surface area contributed by atoms with Crippen LogP contribution in [0.15, 0.2) is 18.5 Å². The lowest BCUT2D eigenvalue weighted by Gasteiger charge is -2.39. The van der Waals surface area contributed by atoms with Gasteiger partial charge in [0.2, 0.25) is 11.9 Å². The van der Waals surface area contributed by atoms with Crippen molar-refractivity contribution in [2.75, 3.05) is 24.5 Å². The molecule has 23 heavy (non-hydrogen) atoms. The van der Waals surface area contributed by atoms with Crippen molar-refractivity contribution < 1.29 is 4.79 Å². The molecule has 3 rings (SSSR count). The van der Waals surface area contributed by atoms with Crippen LogP contribution in [-0.4, -0.2) is 46.5 Å². The minimum atomic E-state index is 0.0921. The van der Waals surface area contributed by atoms with Crippen molar-refractivity contribution >= 4 is 11.9 Å². The van der Waals surface area contributed by atoms with Crippen LogP contribution in [0.2, 0.25) is 0 Å². The molecule has 5 heteroatoms. The lowest BCUT2D eigenvalue weighted by molar-refractivity contribution is -0.138. The first-order chi connectivity index (χ1) is 11.3. The molecule has 5 nitrogen and oxygen atoms in total. The summed E-state index contributed by atoms with van der Waals surface area (Å²) in [4.78, 5) is 26.1. The van der Waals surface area contributed by atoms with Crippen molar-refractivity contribution in [3.63, 3.8) is 0 Å². The summed E-state index contributed by atoms with van der Waals surface area (Å²) in [6, 6.07) is 2.29. The SMILES string of the molecule is CCN(C(=O)C1CCCN(c2ncccn2)C1)C1CCCCC1. The lowest BCUT2D eigenvalue weighted by Crippen LogP contribution is -2.49. The molecule has 1 aliphatic carbocycles. The maximum absolute atomic E-state index is 13.1. The first-order valence-corrected chi connectivity index (χ1v) is 9.12. The van der Waals surface area contributed by atoms with Crippen molar-refractivity contribution in [3.05, 3.63) is 18.5 Å². The van der Waals surface area contributed by atoms with Gasteiger partial charge in [0.25, 0.3) is 0 Å². The topological polar surface area (TPSA) is 49.3 Å². The van der Waals surface area contributed by atoms with E-state index in [1.807, 2.05) is 6.07 Å². The smallest absolute Gasteiger partial charge is 0.227 e. The molecule has 1 aromatic heterocycles. The Labute approximate surface area is 139 Å². The third kappa shape index (κ3) is 3.82. The summed E-state index contributed by atoms with van der Waals surface area (Å²) in [7, 11) is 0. The molecule has 126 valence electrons. The zero-order valence-corrected chi connectivity index (χ0v) is 14.2. The second kappa shape index (κ2) is 7.75. The second-order valence-corrected chi connectivity index (χ2v) is 6.75. The fraction of sp³-hybridized carbons (Fsp3) is 0.722. The Hall–Kier alpha value is -1.65. The molecule has 1 saturated heterocycles. The van der Waals surface area contributed by atoms with Crippen molar-refractivity contribution in [3.8, 4) is 0 Å². The predicted molar refractivity (Wildman–Crippen MR) is 91.2 cm³/mol. The summed E-state index contributed by atoms with van der Waals surface area (Å²) in [5, 5.41) is 0. The van der Waals surface area contributed by atoms with E-state index >= 15 is 0 Å². The Bertz CT molecular complexity index is 501. The number of anilines is 1. The lowest BCUT2D eigenvalue weighted by atomic mass is 9.91. The van der Waals surface area contributed by atoms with Gasteiger partial charge in [0.15, 0.2) is 0 Å². The number of aromatic nitrogens is 2. The molecule has 1 unspecified atom stereocenters. The van der Waals surface area contributed by atoms with Crippen molar-refractivity contribution in [1.82, 2.24) is 14.9 Å². The molecule has 1 saturated carbocycles. The van der Waals surface area contributed by atoms with E-state index in [9.17, 15) is 4.79 Å². The normalized spacial score (nSPS) is 22.8. The van der Waals surface area contributed by atoms with E-state index in [2.05, 4.69) is 26.7 Å². The zero-order chi connectivity index (χ0) is 16.1. The van der Waals surface area contributed by atoms with Crippen LogP contribution in [0, 0.1) is 5.92 Å². The van der Waals surface area contributed by atoms with E-state index in [4.69, 9.17) is 0 Å². The molecule has 0 radical (unpaired) electrons. The van der Waals surface area contributed by atoms with Crippen LogP contribution >= 0.6 is 0 Å². The predicted octanol–water partition coefficient (Wildman–Crippen LogP) is 2.87. The number of amides is 1. The highest BCUT2D eigenvalue weighted by atomic mass is 16.2. The van der Waals surface area contributed by atoms with Gasteiger partial charge < -0.3 is 9.80 Å². The molecule has 0 aromatic carbocycles. The first kappa shape index (κ1) is 16.2. The molecule has 2 heterocycles. The van der Waals surface area contributed by atoms with Crippen molar-refractivity contribution in [2.24, 2.45) is 5.92 Å². The third-order valence-corrected chi connectivity index (χ3v) is 5.24. The van der Waals surface area contributed by atoms with Gasteiger partial charge in [-0.25, -0.2) is 9.97 Å². The molecule has 0 spiro atoms. The van der Waals surface area contributed by atoms with Gasteiger partial charge in [-0.05, 0) is 38.7 Å². The third-order valence-electron chi connectivity index (χ3n) is 5.24. The maximum Gasteiger partial charge on any atom is 0.227 e. The summed E-state index contributed by atoms with van der Waals surface area (Å²) in [5.41, 5.74) is 0. The Morgan fingerprint density at radius 2 is 1.91 bits per heavy atom. The number of hydrogen-bond donors (Lipinski definition) is 0. The van der Waals surface area contributed by atoms with Gasteiger partial charge in [0, 0.05) is 38.1 Å². The number of carbonyl (C=O) groups is 1. The highest BCUT2D eigenvalue weighted by Crippen LogP contribution is 2.27. The Balaban J connectivity index is 1.66. The molecule has 2 fully saturated rings. The molecule has 1 aromatic rings. The number of hydrogen-bond acceptors (Lipinski definition) is 4. The van der Waals surface area contributed by atoms with Gasteiger partial charge in [0.1, 0.15) is 0 Å². The molecule has 1 aliphatic heterocycles. The second-order valence-electron chi connectivity index (χ2n) is 6.75. The molecule has 1 atom stereocenters. The first-order valence-electron chi connectivity index (χ1n) is 9.12. The van der Waals surface area contributed by atoms with E-state index < -0.39 is 0 Å². The fourth-order valence-electron chi connectivity index (χ4n) is 4.04. The highest BCUT2D eigenvalue weighted by Gasteiger charge is 2.33. The molecule has 0 bridgehead atoms. The summed E-state index contributed by atoms with van der Waals surface area (Å²) < 4.78 is 0. The van der Waals surface area contributed by atoms with Crippen LogP contribution < -0.4 is 4.90 Å². The summed E-state index contributed by atoms with van der Waals surface area (Å²) >= 11 is 0. The molecular weight excluding hydrogens is 288 g/mol. The van der Waals surface area contributed by atoms with Crippen LogP contribution in [0.1, 0.15) is 51.9 Å². The van der Waals surface area contributed by atoms with Gasteiger partial charge in [-0.15, -0.1) is 0 Å². The summed E-state index contributed by atoms with van der Waals surface area (Å²) in [6.07, 6.45) is 11.8. The average Bonchev–Trinajstić information content (AvgIpc) is 2.64. The number of carbonyl (C=O) groups excluding carboxylic acids is 1. The quantitative estimate of drug-likeness (QED) is 0.857. The zero-order valence-electron chi connectivity index (χ0n) is 14.2. The fourth-order valence-corrected chi connectivity index (χ4v) is 4.04. The summed E-state index contributed by atoms with van der Waals surface area (Å²) in [5.74, 6) is 1.19. The minimum absolute atomic E-state index is 0.0921. The minimum Gasteiger partial charge on any atom is -0.340 e. The highest BCUT2D eigenvalue weighted by molar-refractivity contribution is 5.80. The van der Waals surface area contributed by atoms with E-state index in [0.717, 1.165) is 38.4 Å². The standard InChI is InChI=1S/C18H28N4O/c1-2-22(16-9-4-3-5-10-16)17(23)15-8-6-13-21(14-15)18-19-11-7-12-20-18/h7,11-12,15-16H,2-6,8-10,13-14H2,1H3. The molecular formula is C18H28N4O. The van der Waals surface area contributed by atoms with Gasteiger partial charge in [-0.2, -0.15) is 0 Å².